The molecule has 0 radical (unpaired) electrons. The molecular weight excluding hydrogens is 402 g/mol. The van der Waals surface area contributed by atoms with Crippen LogP contribution in [0.15, 0.2) is 29.1 Å². The Morgan fingerprint density at radius 2 is 1.94 bits per heavy atom. The number of nitrogens with one attached hydrogen (secondary N) is 2. The minimum atomic E-state index is -0.593. The molecule has 2 aromatic rings. The van der Waals surface area contributed by atoms with Crippen LogP contribution in [0.3, 0.4) is 0 Å². The van der Waals surface area contributed by atoms with Crippen LogP contribution in [0.5, 0.6) is 11.6 Å². The summed E-state index contributed by atoms with van der Waals surface area (Å²) in [7, 11) is 2.93. The first kappa shape index (κ1) is 22.4. The molecule has 1 fully saturated rings. The average molecular weight is 431 g/mol. The number of hydrogen-bond donors (Lipinski definition) is 2. The number of carbonyl (C=O) groups excluding carboxylic acids is 1. The van der Waals surface area contributed by atoms with E-state index in [1.807, 2.05) is 38.1 Å². The van der Waals surface area contributed by atoms with E-state index in [1.165, 1.54) is 7.11 Å². The molecule has 10 nitrogen and oxygen atoms in total. The number of hydrazine groups is 1. The van der Waals surface area contributed by atoms with Crippen molar-refractivity contribution in [1.82, 2.24) is 15.4 Å². The predicted molar refractivity (Wildman–Crippen MR) is 115 cm³/mol. The van der Waals surface area contributed by atoms with Crippen molar-refractivity contribution in [1.29, 1.82) is 0 Å². The van der Waals surface area contributed by atoms with Crippen LogP contribution in [-0.4, -0.2) is 56.3 Å². The van der Waals surface area contributed by atoms with Gasteiger partial charge in [0.1, 0.15) is 5.75 Å². The number of aromatic nitrogens is 2. The van der Waals surface area contributed by atoms with Gasteiger partial charge in [0.2, 0.25) is 5.69 Å². The molecule has 1 amide bonds. The number of carbonyl (C=O) groups is 1. The van der Waals surface area contributed by atoms with E-state index in [0.29, 0.717) is 30.9 Å². The Hall–Kier alpha value is -3.27. The molecule has 1 aromatic carbocycles. The Bertz CT molecular complexity index is 983. The van der Waals surface area contributed by atoms with Crippen molar-refractivity contribution in [2.45, 2.75) is 20.3 Å². The molecule has 0 aliphatic carbocycles. The van der Waals surface area contributed by atoms with Gasteiger partial charge in [0.05, 0.1) is 14.2 Å². The molecule has 0 bridgehead atoms. The molecule has 1 aromatic heterocycles. The number of anilines is 1. The van der Waals surface area contributed by atoms with Gasteiger partial charge in [-0.05, 0) is 18.1 Å². The third-order valence-electron chi connectivity index (χ3n) is 5.12. The first-order valence-corrected chi connectivity index (χ1v) is 10.2. The van der Waals surface area contributed by atoms with E-state index in [0.717, 1.165) is 11.4 Å². The maximum absolute atomic E-state index is 12.8. The summed E-state index contributed by atoms with van der Waals surface area (Å²) in [5, 5.41) is 14.3. The summed E-state index contributed by atoms with van der Waals surface area (Å²) in [4.78, 5) is 29.9. The second-order valence-electron chi connectivity index (χ2n) is 7.79. The van der Waals surface area contributed by atoms with Crippen molar-refractivity contribution in [3.05, 3.63) is 51.2 Å². The van der Waals surface area contributed by atoms with Gasteiger partial charge in [-0.15, -0.1) is 4.73 Å². The molecule has 0 spiro atoms. The zero-order valence-electron chi connectivity index (χ0n) is 18.3. The summed E-state index contributed by atoms with van der Waals surface area (Å²) in [5.41, 5.74) is 3.05. The molecule has 1 aliphatic rings. The average Bonchev–Trinajstić information content (AvgIpc) is 2.76. The molecule has 2 N–H and O–H groups in total. The van der Waals surface area contributed by atoms with Gasteiger partial charge >= 0.3 is 11.4 Å². The maximum Gasteiger partial charge on any atom is 0.409 e. The molecule has 1 saturated heterocycles. The summed E-state index contributed by atoms with van der Waals surface area (Å²) in [6.45, 7) is 6.32. The number of nitrogens with zero attached hydrogens (tertiary/aromatic N) is 3. The monoisotopic (exact) mass is 431 g/mol. The van der Waals surface area contributed by atoms with Crippen molar-refractivity contribution < 1.29 is 19.0 Å². The molecule has 0 saturated carbocycles. The molecule has 168 valence electrons. The third kappa shape index (κ3) is 5.08. The van der Waals surface area contributed by atoms with E-state index in [2.05, 4.69) is 15.3 Å². The highest BCUT2D eigenvalue weighted by Crippen LogP contribution is 2.22. The molecule has 1 aliphatic heterocycles. The zero-order chi connectivity index (χ0) is 22.5. The molecule has 2 heterocycles. The van der Waals surface area contributed by atoms with E-state index in [-0.39, 0.29) is 29.6 Å². The molecule has 10 heteroatoms. The van der Waals surface area contributed by atoms with Gasteiger partial charge in [-0.1, -0.05) is 19.9 Å². The highest BCUT2D eigenvalue weighted by Gasteiger charge is 2.29. The number of amides is 1. The SMILES string of the molecule is COc1cccc(N2CCN(NC(=O)c3[nH]c(=O)c(CC(C)C)[n+]([O-])c3OC)CC2)c1. The van der Waals surface area contributed by atoms with Gasteiger partial charge in [0.25, 0.3) is 11.6 Å². The van der Waals surface area contributed by atoms with Gasteiger partial charge in [-0.3, -0.25) is 15.0 Å². The Morgan fingerprint density at radius 3 is 2.55 bits per heavy atom. The fourth-order valence-electron chi connectivity index (χ4n) is 3.54. The summed E-state index contributed by atoms with van der Waals surface area (Å²) in [5.74, 6) is 0.0786. The fraction of sp³-hybridized carbons (Fsp3) is 0.476. The number of hydrogen-bond acceptors (Lipinski definition) is 7. The number of ether oxygens (including phenoxy) is 2. The van der Waals surface area contributed by atoms with Crippen molar-refractivity contribution in [3.63, 3.8) is 0 Å². The number of aromatic amines is 1. The van der Waals surface area contributed by atoms with Gasteiger partial charge in [0, 0.05) is 44.4 Å². The number of rotatable bonds is 7. The van der Waals surface area contributed by atoms with Crippen LogP contribution >= 0.6 is 0 Å². The Labute approximate surface area is 180 Å². The van der Waals surface area contributed by atoms with E-state index < -0.39 is 11.5 Å². The topological polar surface area (TPSA) is 114 Å². The maximum atomic E-state index is 12.8. The quantitative estimate of drug-likeness (QED) is 0.490. The first-order chi connectivity index (χ1) is 14.8. The third-order valence-corrected chi connectivity index (χ3v) is 5.12. The van der Waals surface area contributed by atoms with Crippen molar-refractivity contribution in [2.24, 2.45) is 5.92 Å². The normalized spacial score (nSPS) is 14.5. The largest absolute Gasteiger partial charge is 0.616 e. The molecular formula is C21H29N5O5. The number of methoxy groups -OCH3 is 2. The Balaban J connectivity index is 1.69. The number of H-pyrrole nitrogens is 1. The number of piperazine rings is 1. The summed E-state index contributed by atoms with van der Waals surface area (Å²) in [6.07, 6.45) is 0.281. The minimum absolute atomic E-state index is 0.0234. The highest BCUT2D eigenvalue weighted by molar-refractivity contribution is 5.93. The standard InChI is InChI=1S/C21H29N5O5/c1-14(2)12-17-19(27)22-18(21(31-4)26(17)29)20(28)23-25-10-8-24(9-11-25)15-6-5-7-16(13-15)30-3/h5-7,13-14H,8-12H2,1-4H3,(H,22,27)(H,23,28). The van der Waals surface area contributed by atoms with Crippen LogP contribution in [0.1, 0.15) is 30.0 Å². The Kier molecular flexibility index (Phi) is 7.01. The molecule has 3 rings (SSSR count). The van der Waals surface area contributed by atoms with Gasteiger partial charge in [0.15, 0.2) is 0 Å². The molecule has 0 atom stereocenters. The molecule has 0 unspecified atom stereocenters. The van der Waals surface area contributed by atoms with Gasteiger partial charge in [-0.2, -0.15) is 0 Å². The van der Waals surface area contributed by atoms with Gasteiger partial charge < -0.3 is 24.6 Å². The van der Waals surface area contributed by atoms with Crippen LogP contribution in [-0.2, 0) is 6.42 Å². The Morgan fingerprint density at radius 1 is 1.23 bits per heavy atom. The van der Waals surface area contributed by atoms with Crippen molar-refractivity contribution in [2.75, 3.05) is 45.3 Å². The first-order valence-electron chi connectivity index (χ1n) is 10.2. The minimum Gasteiger partial charge on any atom is -0.616 e. The van der Waals surface area contributed by atoms with E-state index in [1.54, 1.807) is 12.1 Å². The van der Waals surface area contributed by atoms with Crippen LogP contribution in [0.4, 0.5) is 5.69 Å². The lowest BCUT2D eigenvalue weighted by atomic mass is 10.1. The second-order valence-corrected chi connectivity index (χ2v) is 7.79. The van der Waals surface area contributed by atoms with Crippen LogP contribution < -0.4 is 30.1 Å². The second kappa shape index (κ2) is 9.69. The van der Waals surface area contributed by atoms with Crippen LogP contribution in [0, 0.1) is 11.1 Å². The van der Waals surface area contributed by atoms with Crippen molar-refractivity contribution in [3.8, 4) is 11.6 Å². The van der Waals surface area contributed by atoms with Crippen molar-refractivity contribution >= 4 is 11.6 Å². The zero-order valence-corrected chi connectivity index (χ0v) is 18.3. The highest BCUT2D eigenvalue weighted by atomic mass is 16.5. The van der Waals surface area contributed by atoms with E-state index >= 15 is 0 Å². The lowest BCUT2D eigenvalue weighted by Gasteiger charge is -2.36. The summed E-state index contributed by atoms with van der Waals surface area (Å²) < 4.78 is 10.8. The lowest BCUT2D eigenvalue weighted by molar-refractivity contribution is -0.622. The van der Waals surface area contributed by atoms with E-state index in [4.69, 9.17) is 9.47 Å². The van der Waals surface area contributed by atoms with E-state index in [9.17, 15) is 14.8 Å². The summed E-state index contributed by atoms with van der Waals surface area (Å²) in [6, 6.07) is 7.81. The fourth-order valence-corrected chi connectivity index (χ4v) is 3.54. The van der Waals surface area contributed by atoms with Crippen LogP contribution in [0.2, 0.25) is 0 Å². The number of benzene rings is 1. The lowest BCUT2D eigenvalue weighted by Crippen LogP contribution is -2.54. The molecule has 31 heavy (non-hydrogen) atoms. The summed E-state index contributed by atoms with van der Waals surface area (Å²) >= 11 is 0. The van der Waals surface area contributed by atoms with Gasteiger partial charge in [-0.25, -0.2) is 5.01 Å². The predicted octanol–water partition coefficient (Wildman–Crippen LogP) is 0.691. The van der Waals surface area contributed by atoms with Crippen LogP contribution in [0.25, 0.3) is 0 Å². The smallest absolute Gasteiger partial charge is 0.409 e.